The fraction of sp³-hybridized carbons (Fsp3) is 0.500. The molecule has 2 aromatic rings. The van der Waals surface area contributed by atoms with E-state index in [1.807, 2.05) is 23.4 Å². The summed E-state index contributed by atoms with van der Waals surface area (Å²) in [6, 6.07) is 16.2. The maximum Gasteiger partial charge on any atom is 0.243 e. The quantitative estimate of drug-likeness (QED) is 0.715. The molecule has 1 aliphatic heterocycles. The van der Waals surface area contributed by atoms with Crippen LogP contribution in [-0.4, -0.2) is 25.3 Å². The number of piperidine rings is 1. The van der Waals surface area contributed by atoms with E-state index in [9.17, 15) is 8.42 Å². The minimum absolute atomic E-state index is 0.0819. The van der Waals surface area contributed by atoms with Crippen LogP contribution in [0.5, 0.6) is 0 Å². The predicted molar refractivity (Wildman–Crippen MR) is 114 cm³/mol. The largest absolute Gasteiger partial charge is 0.243 e. The summed E-state index contributed by atoms with van der Waals surface area (Å²) in [7, 11) is -3.47. The maximum absolute atomic E-state index is 13.5. The van der Waals surface area contributed by atoms with E-state index in [1.54, 1.807) is 12.1 Å². The Labute approximate surface area is 169 Å². The lowest BCUT2D eigenvalue weighted by atomic mass is 9.67. The van der Waals surface area contributed by atoms with E-state index in [-0.39, 0.29) is 6.04 Å². The molecule has 3 nitrogen and oxygen atoms in total. The molecule has 0 bridgehead atoms. The van der Waals surface area contributed by atoms with Crippen LogP contribution < -0.4 is 0 Å². The molecule has 0 unspecified atom stereocenters. The average molecular weight is 398 g/mol. The van der Waals surface area contributed by atoms with Crippen LogP contribution in [0.2, 0.25) is 0 Å². The summed E-state index contributed by atoms with van der Waals surface area (Å²) in [4.78, 5) is 0.432. The molecule has 0 radical (unpaired) electrons. The van der Waals surface area contributed by atoms with Crippen LogP contribution >= 0.6 is 0 Å². The Bertz CT molecular complexity index is 933. The molecule has 150 valence electrons. The lowest BCUT2D eigenvalue weighted by molar-refractivity contribution is 0.117. The molecular formula is C24H31NO2S. The highest BCUT2D eigenvalue weighted by molar-refractivity contribution is 7.89. The van der Waals surface area contributed by atoms with E-state index in [4.69, 9.17) is 0 Å². The normalized spacial score (nSPS) is 25.4. The first kappa shape index (κ1) is 19.7. The molecule has 0 saturated carbocycles. The topological polar surface area (TPSA) is 37.4 Å². The van der Waals surface area contributed by atoms with Gasteiger partial charge in [0.05, 0.1) is 4.90 Å². The van der Waals surface area contributed by atoms with Crippen LogP contribution in [0.1, 0.15) is 55.7 Å². The van der Waals surface area contributed by atoms with E-state index in [0.717, 1.165) is 31.2 Å². The SMILES string of the molecule is Cc1ccc(S(=O)(=O)N2CC[C@H]3c4ccccc4CC[C@@H]3[C@@H]2CC(C)C)cc1. The van der Waals surface area contributed by atoms with Gasteiger partial charge in [-0.25, -0.2) is 8.42 Å². The minimum Gasteiger partial charge on any atom is -0.207 e. The summed E-state index contributed by atoms with van der Waals surface area (Å²) in [6.45, 7) is 7.01. The molecule has 4 rings (SSSR count). The van der Waals surface area contributed by atoms with E-state index < -0.39 is 10.0 Å². The predicted octanol–water partition coefficient (Wildman–Crippen LogP) is 5.15. The zero-order valence-electron chi connectivity index (χ0n) is 17.1. The van der Waals surface area contributed by atoms with Crippen molar-refractivity contribution >= 4 is 10.0 Å². The molecule has 1 heterocycles. The number of hydrogen-bond donors (Lipinski definition) is 0. The molecule has 2 aromatic carbocycles. The molecule has 1 saturated heterocycles. The molecule has 2 aliphatic rings. The summed E-state index contributed by atoms with van der Waals surface area (Å²) in [5.41, 5.74) is 4.00. The van der Waals surface area contributed by atoms with Crippen LogP contribution in [-0.2, 0) is 16.4 Å². The van der Waals surface area contributed by atoms with Crippen molar-refractivity contribution < 1.29 is 8.42 Å². The second-order valence-corrected chi connectivity index (χ2v) is 10.8. The van der Waals surface area contributed by atoms with Gasteiger partial charge in [0, 0.05) is 12.6 Å². The Morgan fingerprint density at radius 3 is 2.46 bits per heavy atom. The molecular weight excluding hydrogens is 366 g/mol. The molecule has 4 heteroatoms. The van der Waals surface area contributed by atoms with Crippen LogP contribution in [0, 0.1) is 18.8 Å². The zero-order valence-corrected chi connectivity index (χ0v) is 18.0. The third kappa shape index (κ3) is 3.53. The van der Waals surface area contributed by atoms with Gasteiger partial charge in [-0.2, -0.15) is 4.31 Å². The van der Waals surface area contributed by atoms with Gasteiger partial charge in [0.15, 0.2) is 0 Å². The smallest absolute Gasteiger partial charge is 0.207 e. The maximum atomic E-state index is 13.5. The van der Waals surface area contributed by atoms with Crippen molar-refractivity contribution in [1.82, 2.24) is 4.31 Å². The Hall–Kier alpha value is -1.65. The molecule has 0 spiro atoms. The second-order valence-electron chi connectivity index (χ2n) is 8.92. The summed E-state index contributed by atoms with van der Waals surface area (Å²) in [5, 5.41) is 0. The molecule has 28 heavy (non-hydrogen) atoms. The fourth-order valence-corrected chi connectivity index (χ4v) is 6.97. The molecule has 0 N–H and O–H groups in total. The summed E-state index contributed by atoms with van der Waals surface area (Å²) < 4.78 is 28.9. The Kier molecular flexibility index (Phi) is 5.36. The van der Waals surface area contributed by atoms with Crippen LogP contribution in [0.15, 0.2) is 53.4 Å². The first-order valence-corrected chi connectivity index (χ1v) is 12.0. The number of nitrogens with zero attached hydrogens (tertiary/aromatic N) is 1. The Morgan fingerprint density at radius 2 is 1.75 bits per heavy atom. The van der Waals surface area contributed by atoms with E-state index in [2.05, 4.69) is 38.1 Å². The van der Waals surface area contributed by atoms with Crippen LogP contribution in [0.4, 0.5) is 0 Å². The van der Waals surface area contributed by atoms with Crippen molar-refractivity contribution in [2.24, 2.45) is 11.8 Å². The Balaban J connectivity index is 1.70. The number of fused-ring (bicyclic) bond motifs is 3. The monoisotopic (exact) mass is 397 g/mol. The third-order valence-corrected chi connectivity index (χ3v) is 8.52. The van der Waals surface area contributed by atoms with Crippen LogP contribution in [0.25, 0.3) is 0 Å². The van der Waals surface area contributed by atoms with Gasteiger partial charge < -0.3 is 0 Å². The van der Waals surface area contributed by atoms with Gasteiger partial charge in [-0.15, -0.1) is 0 Å². The molecule has 0 aromatic heterocycles. The summed E-state index contributed by atoms with van der Waals surface area (Å²) >= 11 is 0. The minimum atomic E-state index is -3.47. The standard InChI is InChI=1S/C24H31NO2S/c1-17(2)16-24-23-13-10-19-6-4-5-7-21(19)22(23)14-15-25(24)28(26,27)20-11-8-18(3)9-12-20/h4-9,11-12,17,22-24H,10,13-16H2,1-3H3/t22-,23-,24-/m0/s1. The molecule has 1 fully saturated rings. The van der Waals surface area contributed by atoms with Crippen molar-refractivity contribution in [3.8, 4) is 0 Å². The zero-order chi connectivity index (χ0) is 19.9. The van der Waals surface area contributed by atoms with Gasteiger partial charge in [0.1, 0.15) is 0 Å². The van der Waals surface area contributed by atoms with E-state index in [1.165, 1.54) is 11.1 Å². The highest BCUT2D eigenvalue weighted by atomic mass is 32.2. The third-order valence-electron chi connectivity index (χ3n) is 6.58. The lowest BCUT2D eigenvalue weighted by Crippen LogP contribution is -2.52. The molecule has 3 atom stereocenters. The first-order valence-electron chi connectivity index (χ1n) is 10.5. The molecule has 1 aliphatic carbocycles. The van der Waals surface area contributed by atoms with Gasteiger partial charge in [-0.3, -0.25) is 0 Å². The van der Waals surface area contributed by atoms with Gasteiger partial charge in [0.2, 0.25) is 10.0 Å². The Morgan fingerprint density at radius 1 is 1.04 bits per heavy atom. The highest BCUT2D eigenvalue weighted by Gasteiger charge is 2.45. The van der Waals surface area contributed by atoms with Crippen molar-refractivity contribution in [3.05, 3.63) is 65.2 Å². The van der Waals surface area contributed by atoms with Gasteiger partial charge in [-0.05, 0) is 73.6 Å². The van der Waals surface area contributed by atoms with Crippen LogP contribution in [0.3, 0.4) is 0 Å². The second kappa shape index (κ2) is 7.64. The number of hydrogen-bond acceptors (Lipinski definition) is 2. The summed E-state index contributed by atoms with van der Waals surface area (Å²) in [6.07, 6.45) is 3.99. The highest BCUT2D eigenvalue weighted by Crippen LogP contribution is 2.47. The molecule has 0 amide bonds. The number of rotatable bonds is 4. The summed E-state index contributed by atoms with van der Waals surface area (Å²) in [5.74, 6) is 1.36. The van der Waals surface area contributed by atoms with Gasteiger partial charge >= 0.3 is 0 Å². The first-order chi connectivity index (χ1) is 13.4. The number of sulfonamides is 1. The lowest BCUT2D eigenvalue weighted by Gasteiger charge is -2.48. The van der Waals surface area contributed by atoms with Crippen molar-refractivity contribution in [1.29, 1.82) is 0 Å². The van der Waals surface area contributed by atoms with Crippen molar-refractivity contribution in [2.75, 3.05) is 6.54 Å². The average Bonchev–Trinajstić information content (AvgIpc) is 2.67. The van der Waals surface area contributed by atoms with Crippen molar-refractivity contribution in [2.45, 2.75) is 63.3 Å². The fourth-order valence-electron chi connectivity index (χ4n) is 5.27. The van der Waals surface area contributed by atoms with Gasteiger partial charge in [-0.1, -0.05) is 55.8 Å². The number of aryl methyl sites for hydroxylation is 2. The van der Waals surface area contributed by atoms with E-state index in [0.29, 0.717) is 29.2 Å². The van der Waals surface area contributed by atoms with E-state index >= 15 is 0 Å². The van der Waals surface area contributed by atoms with Crippen molar-refractivity contribution in [3.63, 3.8) is 0 Å². The van der Waals surface area contributed by atoms with Gasteiger partial charge in [0.25, 0.3) is 0 Å². The number of benzene rings is 2.